The summed E-state index contributed by atoms with van der Waals surface area (Å²) in [6.07, 6.45) is 12.6. The van der Waals surface area contributed by atoms with Gasteiger partial charge in [-0.3, -0.25) is 4.68 Å². The van der Waals surface area contributed by atoms with Crippen LogP contribution in [0.5, 0.6) is 0 Å². The molecule has 0 bridgehead atoms. The smallest absolute Gasteiger partial charge is 0.0624 e. The second kappa shape index (κ2) is 7.26. The molecular weight excluding hydrogens is 246 g/mol. The van der Waals surface area contributed by atoms with E-state index in [-0.39, 0.29) is 5.54 Å². The van der Waals surface area contributed by atoms with Gasteiger partial charge in [0.2, 0.25) is 0 Å². The molecule has 1 aromatic rings. The molecule has 1 aliphatic rings. The number of nitrogens with one attached hydrogen (secondary N) is 1. The van der Waals surface area contributed by atoms with Gasteiger partial charge in [0.05, 0.1) is 11.7 Å². The maximum atomic E-state index is 4.78. The van der Waals surface area contributed by atoms with E-state index in [1.165, 1.54) is 50.6 Å². The molecule has 0 aliphatic heterocycles. The first-order valence-electron chi connectivity index (χ1n) is 8.34. The molecule has 0 unspecified atom stereocenters. The molecule has 0 amide bonds. The van der Waals surface area contributed by atoms with Gasteiger partial charge >= 0.3 is 0 Å². The lowest BCUT2D eigenvalue weighted by Crippen LogP contribution is -2.36. The zero-order valence-corrected chi connectivity index (χ0v) is 13.5. The lowest BCUT2D eigenvalue weighted by Gasteiger charge is -2.21. The average molecular weight is 277 g/mol. The Balaban J connectivity index is 1.67. The SMILES string of the molecule is CC(C)(C)NCCCCc1ccn(C2CCCCC2)n1. The first-order chi connectivity index (χ1) is 9.54. The molecule has 0 aromatic carbocycles. The molecule has 1 N–H and O–H groups in total. The minimum Gasteiger partial charge on any atom is -0.312 e. The molecular formula is C17H31N3. The molecule has 1 heterocycles. The van der Waals surface area contributed by atoms with Crippen LogP contribution >= 0.6 is 0 Å². The molecule has 0 spiro atoms. The van der Waals surface area contributed by atoms with E-state index in [0.29, 0.717) is 6.04 Å². The topological polar surface area (TPSA) is 29.9 Å². The summed E-state index contributed by atoms with van der Waals surface area (Å²) in [6.45, 7) is 7.77. The lowest BCUT2D eigenvalue weighted by atomic mass is 9.96. The summed E-state index contributed by atoms with van der Waals surface area (Å²) >= 11 is 0. The Morgan fingerprint density at radius 3 is 2.65 bits per heavy atom. The van der Waals surface area contributed by atoms with E-state index in [1.54, 1.807) is 0 Å². The number of aromatic nitrogens is 2. The predicted molar refractivity (Wildman–Crippen MR) is 85.0 cm³/mol. The predicted octanol–water partition coefficient (Wildman–Crippen LogP) is 4.10. The fraction of sp³-hybridized carbons (Fsp3) is 0.824. The molecule has 114 valence electrons. The first-order valence-corrected chi connectivity index (χ1v) is 8.34. The third kappa shape index (κ3) is 5.28. The van der Waals surface area contributed by atoms with Crippen LogP contribution in [0.25, 0.3) is 0 Å². The quantitative estimate of drug-likeness (QED) is 0.793. The van der Waals surface area contributed by atoms with Crippen molar-refractivity contribution in [1.29, 1.82) is 0 Å². The van der Waals surface area contributed by atoms with Gasteiger partial charge < -0.3 is 5.32 Å². The van der Waals surface area contributed by atoms with Crippen LogP contribution < -0.4 is 5.32 Å². The number of aryl methyl sites for hydroxylation is 1. The highest BCUT2D eigenvalue weighted by molar-refractivity contribution is 5.00. The molecule has 3 heteroatoms. The fourth-order valence-corrected chi connectivity index (χ4v) is 2.95. The Morgan fingerprint density at radius 2 is 1.95 bits per heavy atom. The summed E-state index contributed by atoms with van der Waals surface area (Å²) in [5.74, 6) is 0. The highest BCUT2D eigenvalue weighted by Crippen LogP contribution is 2.27. The normalized spacial score (nSPS) is 17.6. The molecule has 0 atom stereocenters. The van der Waals surface area contributed by atoms with Gasteiger partial charge in [-0.25, -0.2) is 0 Å². The molecule has 1 aromatic heterocycles. The largest absolute Gasteiger partial charge is 0.312 e. The van der Waals surface area contributed by atoms with Crippen molar-refractivity contribution in [1.82, 2.24) is 15.1 Å². The number of hydrogen-bond donors (Lipinski definition) is 1. The van der Waals surface area contributed by atoms with Gasteiger partial charge in [0.25, 0.3) is 0 Å². The van der Waals surface area contributed by atoms with Crippen LogP contribution in [0.4, 0.5) is 0 Å². The van der Waals surface area contributed by atoms with Crippen molar-refractivity contribution in [3.05, 3.63) is 18.0 Å². The summed E-state index contributed by atoms with van der Waals surface area (Å²) < 4.78 is 2.22. The number of hydrogen-bond acceptors (Lipinski definition) is 2. The van der Waals surface area contributed by atoms with Crippen LogP contribution in [0.2, 0.25) is 0 Å². The van der Waals surface area contributed by atoms with Gasteiger partial charge in [-0.1, -0.05) is 19.3 Å². The van der Waals surface area contributed by atoms with Gasteiger partial charge in [-0.05, 0) is 65.5 Å². The second-order valence-corrected chi connectivity index (χ2v) is 7.21. The van der Waals surface area contributed by atoms with Crippen molar-refractivity contribution in [3.8, 4) is 0 Å². The zero-order chi connectivity index (χ0) is 14.4. The Labute approximate surface area is 124 Å². The molecule has 20 heavy (non-hydrogen) atoms. The molecule has 0 saturated heterocycles. The van der Waals surface area contributed by atoms with Gasteiger partial charge in [0, 0.05) is 11.7 Å². The Hall–Kier alpha value is -0.830. The maximum absolute atomic E-state index is 4.78. The molecule has 1 fully saturated rings. The van der Waals surface area contributed by atoms with E-state index >= 15 is 0 Å². The van der Waals surface area contributed by atoms with Crippen LogP contribution in [0, 0.1) is 0 Å². The molecule has 0 radical (unpaired) electrons. The molecule has 1 saturated carbocycles. The molecule has 1 aliphatic carbocycles. The zero-order valence-electron chi connectivity index (χ0n) is 13.5. The third-order valence-corrected chi connectivity index (χ3v) is 4.13. The summed E-state index contributed by atoms with van der Waals surface area (Å²) in [5, 5.41) is 8.32. The van der Waals surface area contributed by atoms with E-state index in [1.807, 2.05) is 0 Å². The second-order valence-electron chi connectivity index (χ2n) is 7.21. The fourth-order valence-electron chi connectivity index (χ4n) is 2.95. The lowest BCUT2D eigenvalue weighted by molar-refractivity contribution is 0.328. The number of rotatable bonds is 6. The highest BCUT2D eigenvalue weighted by Gasteiger charge is 2.15. The van der Waals surface area contributed by atoms with Crippen molar-refractivity contribution < 1.29 is 0 Å². The summed E-state index contributed by atoms with van der Waals surface area (Å²) in [6, 6.07) is 2.88. The Kier molecular flexibility index (Phi) is 5.64. The van der Waals surface area contributed by atoms with Crippen molar-refractivity contribution in [2.45, 2.75) is 83.7 Å². The van der Waals surface area contributed by atoms with Crippen molar-refractivity contribution in [2.75, 3.05) is 6.54 Å². The van der Waals surface area contributed by atoms with E-state index in [2.05, 4.69) is 43.0 Å². The van der Waals surface area contributed by atoms with Crippen LogP contribution in [0.3, 0.4) is 0 Å². The van der Waals surface area contributed by atoms with Crippen LogP contribution in [-0.2, 0) is 6.42 Å². The van der Waals surface area contributed by atoms with Gasteiger partial charge in [0.1, 0.15) is 0 Å². The van der Waals surface area contributed by atoms with Crippen molar-refractivity contribution >= 4 is 0 Å². The first kappa shape index (κ1) is 15.6. The van der Waals surface area contributed by atoms with Crippen molar-refractivity contribution in [2.24, 2.45) is 0 Å². The van der Waals surface area contributed by atoms with E-state index in [4.69, 9.17) is 5.10 Å². The Bertz CT molecular complexity index is 383. The monoisotopic (exact) mass is 277 g/mol. The van der Waals surface area contributed by atoms with E-state index in [0.717, 1.165) is 13.0 Å². The highest BCUT2D eigenvalue weighted by atomic mass is 15.3. The number of nitrogens with zero attached hydrogens (tertiary/aromatic N) is 2. The van der Waals surface area contributed by atoms with Gasteiger partial charge in [0.15, 0.2) is 0 Å². The molecule has 3 nitrogen and oxygen atoms in total. The van der Waals surface area contributed by atoms with Crippen LogP contribution in [0.1, 0.15) is 77.5 Å². The third-order valence-electron chi connectivity index (χ3n) is 4.13. The standard InChI is InChI=1S/C17H31N3/c1-17(2,3)18-13-8-7-9-15-12-14-20(19-15)16-10-5-4-6-11-16/h12,14,16,18H,4-11,13H2,1-3H3. The number of unbranched alkanes of at least 4 members (excludes halogenated alkanes) is 1. The summed E-state index contributed by atoms with van der Waals surface area (Å²) in [4.78, 5) is 0. The van der Waals surface area contributed by atoms with Gasteiger partial charge in [-0.15, -0.1) is 0 Å². The van der Waals surface area contributed by atoms with Crippen LogP contribution in [-0.4, -0.2) is 21.9 Å². The summed E-state index contributed by atoms with van der Waals surface area (Å²) in [5.41, 5.74) is 1.51. The minimum atomic E-state index is 0.239. The molecule has 2 rings (SSSR count). The van der Waals surface area contributed by atoms with Crippen molar-refractivity contribution in [3.63, 3.8) is 0 Å². The van der Waals surface area contributed by atoms with Crippen LogP contribution in [0.15, 0.2) is 12.3 Å². The van der Waals surface area contributed by atoms with Gasteiger partial charge in [-0.2, -0.15) is 5.10 Å². The summed E-state index contributed by atoms with van der Waals surface area (Å²) in [7, 11) is 0. The van der Waals surface area contributed by atoms with E-state index < -0.39 is 0 Å². The minimum absolute atomic E-state index is 0.239. The Morgan fingerprint density at radius 1 is 1.20 bits per heavy atom. The average Bonchev–Trinajstić information content (AvgIpc) is 2.87. The van der Waals surface area contributed by atoms with E-state index in [9.17, 15) is 0 Å². The maximum Gasteiger partial charge on any atom is 0.0624 e.